The first-order chi connectivity index (χ1) is 6.75. The molecule has 0 amide bonds. The first kappa shape index (κ1) is 10.7. The van der Waals surface area contributed by atoms with Crippen LogP contribution in [0.1, 0.15) is 29.3 Å². The monoisotopic (exact) mass is 190 g/mol. The number of rotatable bonds is 4. The summed E-state index contributed by atoms with van der Waals surface area (Å²) in [6, 6.07) is 7.44. The van der Waals surface area contributed by atoms with E-state index in [4.69, 9.17) is 5.11 Å². The summed E-state index contributed by atoms with van der Waals surface area (Å²) in [6.07, 6.45) is 4.35. The summed E-state index contributed by atoms with van der Waals surface area (Å²) in [6.45, 7) is 1.69. The molecule has 2 heteroatoms. The van der Waals surface area contributed by atoms with Crippen LogP contribution in [0.15, 0.2) is 30.3 Å². The van der Waals surface area contributed by atoms with Crippen LogP contribution in [0, 0.1) is 0 Å². The number of aliphatic hydroxyl groups excluding tert-OH is 1. The van der Waals surface area contributed by atoms with Gasteiger partial charge in [-0.3, -0.25) is 4.79 Å². The second kappa shape index (κ2) is 5.35. The molecule has 0 bridgehead atoms. The predicted octanol–water partition coefficient (Wildman–Crippen LogP) is 2.28. The van der Waals surface area contributed by atoms with Crippen LogP contribution < -0.4 is 0 Å². The molecule has 1 aromatic carbocycles. The Morgan fingerprint density at radius 1 is 1.43 bits per heavy atom. The molecule has 0 saturated carbocycles. The highest BCUT2D eigenvalue weighted by Crippen LogP contribution is 2.11. The van der Waals surface area contributed by atoms with E-state index < -0.39 is 0 Å². The molecule has 0 aromatic heterocycles. The zero-order chi connectivity index (χ0) is 10.4. The highest BCUT2D eigenvalue weighted by Gasteiger charge is 2.02. The van der Waals surface area contributed by atoms with Crippen molar-refractivity contribution in [2.45, 2.75) is 13.3 Å². The third-order valence-electron chi connectivity index (χ3n) is 1.93. The largest absolute Gasteiger partial charge is 0.396 e. The zero-order valence-corrected chi connectivity index (χ0v) is 8.23. The van der Waals surface area contributed by atoms with Crippen molar-refractivity contribution in [2.24, 2.45) is 0 Å². The SMILES string of the molecule is CC(=O)c1ccccc1C=CCCO. The number of carbonyl (C=O) groups excluding carboxylic acids is 1. The number of ketones is 1. The minimum atomic E-state index is 0.0641. The molecule has 0 aliphatic carbocycles. The summed E-state index contributed by atoms with van der Waals surface area (Å²) in [5, 5.41) is 8.60. The Kier molecular flexibility index (Phi) is 4.08. The van der Waals surface area contributed by atoms with Gasteiger partial charge in [0.15, 0.2) is 5.78 Å². The van der Waals surface area contributed by atoms with Crippen LogP contribution in [0.3, 0.4) is 0 Å². The molecule has 0 saturated heterocycles. The summed E-state index contributed by atoms with van der Waals surface area (Å²) < 4.78 is 0. The molecule has 0 atom stereocenters. The Hall–Kier alpha value is -1.41. The molecule has 1 rings (SSSR count). The van der Waals surface area contributed by atoms with Crippen molar-refractivity contribution in [2.75, 3.05) is 6.61 Å². The molecule has 1 N–H and O–H groups in total. The third kappa shape index (κ3) is 2.82. The lowest BCUT2D eigenvalue weighted by molar-refractivity contribution is 0.101. The van der Waals surface area contributed by atoms with Gasteiger partial charge in [0.1, 0.15) is 0 Å². The number of Topliss-reactive ketones (excluding diaryl/α,β-unsaturated/α-hetero) is 1. The van der Waals surface area contributed by atoms with Gasteiger partial charge in [-0.2, -0.15) is 0 Å². The van der Waals surface area contributed by atoms with Gasteiger partial charge >= 0.3 is 0 Å². The van der Waals surface area contributed by atoms with Gasteiger partial charge in [-0.05, 0) is 18.9 Å². The number of benzene rings is 1. The molecule has 0 spiro atoms. The van der Waals surface area contributed by atoms with Crippen molar-refractivity contribution in [3.05, 3.63) is 41.5 Å². The lowest BCUT2D eigenvalue weighted by Crippen LogP contribution is -1.94. The van der Waals surface area contributed by atoms with Gasteiger partial charge in [0.25, 0.3) is 0 Å². The van der Waals surface area contributed by atoms with E-state index >= 15 is 0 Å². The maximum absolute atomic E-state index is 11.2. The Morgan fingerprint density at radius 3 is 2.79 bits per heavy atom. The average Bonchev–Trinajstić information content (AvgIpc) is 2.19. The number of aliphatic hydroxyl groups is 1. The quantitative estimate of drug-likeness (QED) is 0.739. The van der Waals surface area contributed by atoms with Gasteiger partial charge in [0, 0.05) is 12.2 Å². The minimum absolute atomic E-state index is 0.0641. The summed E-state index contributed by atoms with van der Waals surface area (Å²) in [5.74, 6) is 0.0641. The van der Waals surface area contributed by atoms with E-state index in [9.17, 15) is 4.79 Å². The smallest absolute Gasteiger partial charge is 0.160 e. The molecule has 0 radical (unpaired) electrons. The van der Waals surface area contributed by atoms with Gasteiger partial charge in [0.2, 0.25) is 0 Å². The van der Waals surface area contributed by atoms with Crippen LogP contribution in [0.25, 0.3) is 6.08 Å². The molecule has 0 aliphatic heterocycles. The fraction of sp³-hybridized carbons (Fsp3) is 0.250. The Morgan fingerprint density at radius 2 is 2.14 bits per heavy atom. The van der Waals surface area contributed by atoms with Crippen LogP contribution >= 0.6 is 0 Å². The highest BCUT2D eigenvalue weighted by molar-refractivity contribution is 5.97. The summed E-state index contributed by atoms with van der Waals surface area (Å²) >= 11 is 0. The average molecular weight is 190 g/mol. The lowest BCUT2D eigenvalue weighted by Gasteiger charge is -2.00. The Labute approximate surface area is 83.9 Å². The first-order valence-electron chi connectivity index (χ1n) is 4.63. The van der Waals surface area contributed by atoms with Crippen molar-refractivity contribution in [3.8, 4) is 0 Å². The van der Waals surface area contributed by atoms with Crippen LogP contribution in [0.4, 0.5) is 0 Å². The molecular weight excluding hydrogens is 176 g/mol. The Balaban J connectivity index is 2.90. The van der Waals surface area contributed by atoms with Gasteiger partial charge in [-0.25, -0.2) is 0 Å². The number of carbonyl (C=O) groups is 1. The van der Waals surface area contributed by atoms with Crippen LogP contribution in [-0.2, 0) is 0 Å². The first-order valence-corrected chi connectivity index (χ1v) is 4.63. The molecule has 1 aromatic rings. The maximum atomic E-state index is 11.2. The maximum Gasteiger partial charge on any atom is 0.160 e. The Bertz CT molecular complexity index is 340. The van der Waals surface area contributed by atoms with E-state index in [1.807, 2.05) is 30.4 Å². The number of hydrogen-bond donors (Lipinski definition) is 1. The zero-order valence-electron chi connectivity index (χ0n) is 8.23. The van der Waals surface area contributed by atoms with Gasteiger partial charge < -0.3 is 5.11 Å². The molecule has 0 heterocycles. The fourth-order valence-electron chi connectivity index (χ4n) is 1.25. The van der Waals surface area contributed by atoms with Crippen molar-refractivity contribution < 1.29 is 9.90 Å². The molecule has 0 aliphatic rings. The van der Waals surface area contributed by atoms with E-state index in [0.29, 0.717) is 6.42 Å². The predicted molar refractivity (Wildman–Crippen MR) is 57.2 cm³/mol. The normalized spacial score (nSPS) is 10.7. The van der Waals surface area contributed by atoms with Crippen molar-refractivity contribution in [3.63, 3.8) is 0 Å². The summed E-state index contributed by atoms with van der Waals surface area (Å²) in [7, 11) is 0. The number of hydrogen-bond acceptors (Lipinski definition) is 2. The van der Waals surface area contributed by atoms with Gasteiger partial charge in [-0.15, -0.1) is 0 Å². The molecule has 0 fully saturated rings. The van der Waals surface area contributed by atoms with E-state index in [-0.39, 0.29) is 12.4 Å². The van der Waals surface area contributed by atoms with Gasteiger partial charge in [0.05, 0.1) is 0 Å². The van der Waals surface area contributed by atoms with Crippen LogP contribution in [0.2, 0.25) is 0 Å². The molecule has 74 valence electrons. The molecule has 0 unspecified atom stereocenters. The van der Waals surface area contributed by atoms with Crippen molar-refractivity contribution in [1.29, 1.82) is 0 Å². The summed E-state index contributed by atoms with van der Waals surface area (Å²) in [4.78, 5) is 11.2. The summed E-state index contributed by atoms with van der Waals surface area (Å²) in [5.41, 5.74) is 1.63. The third-order valence-corrected chi connectivity index (χ3v) is 1.93. The van der Waals surface area contributed by atoms with E-state index in [1.165, 1.54) is 0 Å². The van der Waals surface area contributed by atoms with Crippen molar-refractivity contribution in [1.82, 2.24) is 0 Å². The highest BCUT2D eigenvalue weighted by atomic mass is 16.2. The topological polar surface area (TPSA) is 37.3 Å². The van der Waals surface area contributed by atoms with Crippen LogP contribution in [0.5, 0.6) is 0 Å². The fourth-order valence-corrected chi connectivity index (χ4v) is 1.25. The van der Waals surface area contributed by atoms with E-state index in [1.54, 1.807) is 13.0 Å². The standard InChI is InChI=1S/C12H14O2/c1-10(14)12-8-3-2-6-11(12)7-4-5-9-13/h2-4,6-8,13H,5,9H2,1H3. The second-order valence-electron chi connectivity index (χ2n) is 3.06. The van der Waals surface area contributed by atoms with Crippen LogP contribution in [-0.4, -0.2) is 17.5 Å². The molecule has 2 nitrogen and oxygen atoms in total. The molecule has 14 heavy (non-hydrogen) atoms. The second-order valence-corrected chi connectivity index (χ2v) is 3.06. The van der Waals surface area contributed by atoms with Crippen molar-refractivity contribution >= 4 is 11.9 Å². The molecular formula is C12H14O2. The minimum Gasteiger partial charge on any atom is -0.396 e. The van der Waals surface area contributed by atoms with E-state index in [2.05, 4.69) is 0 Å². The van der Waals surface area contributed by atoms with E-state index in [0.717, 1.165) is 11.1 Å². The van der Waals surface area contributed by atoms with Gasteiger partial charge in [-0.1, -0.05) is 36.4 Å². The lowest BCUT2D eigenvalue weighted by atomic mass is 10.0.